The van der Waals surface area contributed by atoms with Gasteiger partial charge in [-0.3, -0.25) is 24.0 Å². The number of imidazole rings is 1. The van der Waals surface area contributed by atoms with Crippen LogP contribution in [0.1, 0.15) is 88.7 Å². The van der Waals surface area contributed by atoms with Crippen LogP contribution in [0.5, 0.6) is 0 Å². The van der Waals surface area contributed by atoms with Crippen molar-refractivity contribution >= 4 is 28.9 Å². The first-order valence-electron chi connectivity index (χ1n) is 12.9. The number of hydrogen-bond acceptors (Lipinski definition) is 4. The van der Waals surface area contributed by atoms with Crippen molar-refractivity contribution in [3.63, 3.8) is 0 Å². The van der Waals surface area contributed by atoms with E-state index < -0.39 is 18.0 Å². The molecule has 1 aromatic carbocycles. The molecule has 1 atom stereocenters. The summed E-state index contributed by atoms with van der Waals surface area (Å²) in [6, 6.07) is 5.23. The van der Waals surface area contributed by atoms with E-state index in [0.29, 0.717) is 13.0 Å². The second-order valence-corrected chi connectivity index (χ2v) is 9.48. The molecule has 9 heteroatoms. The molecule has 1 saturated heterocycles. The van der Waals surface area contributed by atoms with Crippen LogP contribution in [0.15, 0.2) is 23.0 Å². The lowest BCUT2D eigenvalue weighted by Gasteiger charge is -2.21. The highest BCUT2D eigenvalue weighted by atomic mass is 16.4. The Morgan fingerprint density at radius 2 is 1.63 bits per heavy atom. The Bertz CT molecular complexity index is 1090. The summed E-state index contributed by atoms with van der Waals surface area (Å²) in [7, 11) is 1.75. The highest BCUT2D eigenvalue weighted by molar-refractivity contribution is 6.00. The molecule has 3 N–H and O–H groups in total. The summed E-state index contributed by atoms with van der Waals surface area (Å²) in [6.45, 7) is 0.541. The Labute approximate surface area is 205 Å². The van der Waals surface area contributed by atoms with E-state index in [9.17, 15) is 19.2 Å². The number of fused-ring (bicyclic) bond motifs is 1. The molecular weight excluding hydrogens is 448 g/mol. The summed E-state index contributed by atoms with van der Waals surface area (Å²) in [5, 5.41) is 13.3. The molecule has 0 aliphatic carbocycles. The van der Waals surface area contributed by atoms with Gasteiger partial charge in [-0.1, -0.05) is 63.5 Å². The third kappa shape index (κ3) is 7.19. The zero-order valence-electron chi connectivity index (χ0n) is 20.7. The normalized spacial score (nSPS) is 16.0. The fraction of sp³-hybridized carbons (Fsp3) is 0.615. The summed E-state index contributed by atoms with van der Waals surface area (Å²) < 4.78 is 3.18. The number of unbranched alkanes of at least 4 members (excludes halogenated alkanes) is 9. The number of piperidine rings is 1. The van der Waals surface area contributed by atoms with Gasteiger partial charge in [0, 0.05) is 20.0 Å². The lowest BCUT2D eigenvalue weighted by molar-refractivity contribution is -0.135. The lowest BCUT2D eigenvalue weighted by atomic mass is 10.0. The van der Waals surface area contributed by atoms with Crippen molar-refractivity contribution in [1.82, 2.24) is 19.8 Å². The van der Waals surface area contributed by atoms with Crippen LogP contribution in [0.4, 0.5) is 4.79 Å². The Hall–Kier alpha value is -3.10. The Morgan fingerprint density at radius 3 is 2.26 bits per heavy atom. The molecule has 3 rings (SSSR count). The van der Waals surface area contributed by atoms with Crippen LogP contribution in [0.25, 0.3) is 11.0 Å². The number of hydrogen-bond donors (Lipinski definition) is 3. The number of imide groups is 1. The van der Waals surface area contributed by atoms with Crippen molar-refractivity contribution in [2.75, 3.05) is 6.54 Å². The van der Waals surface area contributed by atoms with Gasteiger partial charge in [0.1, 0.15) is 6.04 Å². The van der Waals surface area contributed by atoms with E-state index >= 15 is 0 Å². The van der Waals surface area contributed by atoms with Crippen LogP contribution < -0.4 is 16.3 Å². The maximum absolute atomic E-state index is 13.0. The van der Waals surface area contributed by atoms with E-state index in [2.05, 4.69) is 16.7 Å². The Balaban J connectivity index is 1.42. The van der Waals surface area contributed by atoms with Crippen molar-refractivity contribution in [3.05, 3.63) is 34.2 Å². The molecule has 2 aromatic rings. The number of aromatic nitrogens is 2. The summed E-state index contributed by atoms with van der Waals surface area (Å²) in [6.07, 6.45) is 11.9. The average molecular weight is 487 g/mol. The van der Waals surface area contributed by atoms with Gasteiger partial charge in [0.25, 0.3) is 0 Å². The van der Waals surface area contributed by atoms with E-state index in [0.717, 1.165) is 55.1 Å². The molecule has 3 amide bonds. The maximum Gasteiger partial charge on any atom is 0.404 e. The number of aryl methyl sites for hydroxylation is 2. The van der Waals surface area contributed by atoms with Crippen LogP contribution >= 0.6 is 0 Å². The highest BCUT2D eigenvalue weighted by Crippen LogP contribution is 2.26. The summed E-state index contributed by atoms with van der Waals surface area (Å²) >= 11 is 0. The first-order chi connectivity index (χ1) is 16.9. The number of para-hydroxylation sites is 1. The zero-order valence-corrected chi connectivity index (χ0v) is 20.7. The smallest absolute Gasteiger partial charge is 0.404 e. The van der Waals surface area contributed by atoms with E-state index in [4.69, 9.17) is 5.11 Å². The predicted octanol–water partition coefficient (Wildman–Crippen LogP) is 4.03. The molecule has 35 heavy (non-hydrogen) atoms. The predicted molar refractivity (Wildman–Crippen MR) is 135 cm³/mol. The van der Waals surface area contributed by atoms with Gasteiger partial charge < -0.3 is 10.4 Å². The highest BCUT2D eigenvalue weighted by Gasteiger charge is 2.31. The van der Waals surface area contributed by atoms with Crippen LogP contribution in [0.2, 0.25) is 0 Å². The van der Waals surface area contributed by atoms with Crippen molar-refractivity contribution in [1.29, 1.82) is 0 Å². The topological polar surface area (TPSA) is 122 Å². The molecule has 1 aromatic heterocycles. The molecule has 0 saturated carbocycles. The standard InChI is InChI=1S/C26H38N4O5/c1-29-23-19(13-10-8-6-4-2-3-5-7-9-11-18-27-25(33)34)14-12-15-20(23)30(26(29)35)21-16-17-22(31)28-24(21)32/h12,14-15,21,27H,2-11,13,16-18H2,1H3,(H,33,34)(H,28,31,32). The minimum atomic E-state index is -0.948. The Morgan fingerprint density at radius 1 is 1.00 bits per heavy atom. The van der Waals surface area contributed by atoms with Crippen molar-refractivity contribution < 1.29 is 19.5 Å². The third-order valence-corrected chi connectivity index (χ3v) is 6.86. The second-order valence-electron chi connectivity index (χ2n) is 9.48. The number of nitrogens with zero attached hydrogens (tertiary/aromatic N) is 2. The molecular formula is C26H38N4O5. The maximum atomic E-state index is 13.0. The van der Waals surface area contributed by atoms with E-state index in [-0.39, 0.29) is 18.0 Å². The van der Waals surface area contributed by atoms with Crippen LogP contribution in [-0.4, -0.2) is 38.7 Å². The number of carboxylic acid groups (broad SMARTS) is 1. The van der Waals surface area contributed by atoms with Gasteiger partial charge in [-0.15, -0.1) is 0 Å². The SMILES string of the molecule is Cn1c(=O)n(C2CCC(=O)NC2=O)c2cccc(CCCCCCCCCCCCNC(=O)O)c21. The number of nitrogens with one attached hydrogen (secondary N) is 2. The van der Waals surface area contributed by atoms with Gasteiger partial charge in [-0.2, -0.15) is 0 Å². The molecule has 192 valence electrons. The fourth-order valence-corrected chi connectivity index (χ4v) is 5.00. The van der Waals surface area contributed by atoms with Crippen molar-refractivity contribution in [2.24, 2.45) is 7.05 Å². The second kappa shape index (κ2) is 13.1. The molecule has 1 unspecified atom stereocenters. The lowest BCUT2D eigenvalue weighted by Crippen LogP contribution is -2.44. The van der Waals surface area contributed by atoms with Gasteiger partial charge in [0.15, 0.2) is 0 Å². The number of carbonyl (C=O) groups is 3. The minimum absolute atomic E-state index is 0.222. The van der Waals surface area contributed by atoms with E-state index in [1.807, 2.05) is 12.1 Å². The molecule has 2 heterocycles. The van der Waals surface area contributed by atoms with Gasteiger partial charge in [0.2, 0.25) is 11.8 Å². The van der Waals surface area contributed by atoms with Crippen molar-refractivity contribution in [2.45, 2.75) is 89.5 Å². The number of benzene rings is 1. The molecule has 9 nitrogen and oxygen atoms in total. The first kappa shape index (κ1) is 26.5. The van der Waals surface area contributed by atoms with Gasteiger partial charge in [-0.05, 0) is 37.3 Å². The summed E-state index contributed by atoms with van der Waals surface area (Å²) in [5.41, 5.74) is 2.52. The molecule has 1 aliphatic rings. The van der Waals surface area contributed by atoms with E-state index in [1.54, 1.807) is 16.2 Å². The van der Waals surface area contributed by atoms with Crippen LogP contribution in [0.3, 0.4) is 0 Å². The minimum Gasteiger partial charge on any atom is -0.465 e. The number of carbonyl (C=O) groups excluding carboxylic acids is 2. The van der Waals surface area contributed by atoms with Crippen molar-refractivity contribution in [3.8, 4) is 0 Å². The molecule has 0 spiro atoms. The molecule has 1 aliphatic heterocycles. The fourth-order valence-electron chi connectivity index (χ4n) is 5.00. The first-order valence-corrected chi connectivity index (χ1v) is 12.9. The van der Waals surface area contributed by atoms with Gasteiger partial charge >= 0.3 is 11.8 Å². The zero-order chi connectivity index (χ0) is 25.2. The average Bonchev–Trinajstić information content (AvgIpc) is 3.07. The molecule has 0 bridgehead atoms. The van der Waals surface area contributed by atoms with Crippen LogP contribution in [0, 0.1) is 0 Å². The summed E-state index contributed by atoms with van der Waals surface area (Å²) in [5.74, 6) is -0.692. The number of amides is 3. The van der Waals surface area contributed by atoms with Gasteiger partial charge in [-0.25, -0.2) is 9.59 Å². The monoisotopic (exact) mass is 486 g/mol. The third-order valence-electron chi connectivity index (χ3n) is 6.86. The van der Waals surface area contributed by atoms with Gasteiger partial charge in [0.05, 0.1) is 11.0 Å². The van der Waals surface area contributed by atoms with Crippen LogP contribution in [-0.2, 0) is 23.1 Å². The largest absolute Gasteiger partial charge is 0.465 e. The van der Waals surface area contributed by atoms with E-state index in [1.165, 1.54) is 32.1 Å². The number of rotatable bonds is 14. The summed E-state index contributed by atoms with van der Waals surface area (Å²) in [4.78, 5) is 47.3. The Kier molecular flexibility index (Phi) is 9.93. The quantitative estimate of drug-likeness (QED) is 0.275. The molecule has 0 radical (unpaired) electrons. The molecule has 1 fully saturated rings.